The van der Waals surface area contributed by atoms with E-state index in [1.165, 1.54) is 18.1 Å². The number of hydrogen-bond acceptors (Lipinski definition) is 4. The first kappa shape index (κ1) is 10.2. The molecule has 4 nitrogen and oxygen atoms in total. The van der Waals surface area contributed by atoms with Crippen LogP contribution in [0.5, 0.6) is 0 Å². The number of benzene rings is 1. The summed E-state index contributed by atoms with van der Waals surface area (Å²) in [6, 6.07) is 7.67. The second-order valence-electron chi connectivity index (χ2n) is 2.64. The molecule has 1 heterocycles. The average Bonchev–Trinajstić information content (AvgIpc) is 2.73. The van der Waals surface area contributed by atoms with Crippen LogP contribution in [0.1, 0.15) is 5.56 Å². The summed E-state index contributed by atoms with van der Waals surface area (Å²) < 4.78 is 0.890. The van der Waals surface area contributed by atoms with Crippen molar-refractivity contribution in [3.8, 4) is 6.07 Å². The Kier molecular flexibility index (Phi) is 3.04. The summed E-state index contributed by atoms with van der Waals surface area (Å²) in [7, 11) is 0. The number of halogens is 1. The molecule has 1 aromatic heterocycles. The molecule has 6 heteroatoms. The predicted molar refractivity (Wildman–Crippen MR) is 59.4 cm³/mol. The molecule has 0 saturated carbocycles. The Morgan fingerprint density at radius 3 is 3.00 bits per heavy atom. The van der Waals surface area contributed by atoms with Crippen molar-refractivity contribution in [2.75, 3.05) is 0 Å². The monoisotopic (exact) mass is 280 g/mol. The lowest BCUT2D eigenvalue weighted by Gasteiger charge is -2.00. The lowest BCUT2D eigenvalue weighted by molar-refractivity contribution is 0.973. The number of nitriles is 1. The van der Waals surface area contributed by atoms with Crippen molar-refractivity contribution in [1.29, 1.82) is 5.26 Å². The summed E-state index contributed by atoms with van der Waals surface area (Å²) >= 11 is 4.70. The van der Waals surface area contributed by atoms with Gasteiger partial charge >= 0.3 is 0 Å². The Labute approximate surface area is 98.9 Å². The topological polar surface area (TPSA) is 65.4 Å². The van der Waals surface area contributed by atoms with E-state index in [2.05, 4.69) is 37.2 Å². The third-order valence-corrected chi connectivity index (χ3v) is 3.12. The van der Waals surface area contributed by atoms with Gasteiger partial charge in [-0.05, 0) is 30.0 Å². The minimum atomic E-state index is 0.616. The number of rotatable bonds is 2. The van der Waals surface area contributed by atoms with Gasteiger partial charge in [-0.3, -0.25) is 5.10 Å². The Morgan fingerprint density at radius 2 is 2.33 bits per heavy atom. The van der Waals surface area contributed by atoms with Crippen LogP contribution in [0.4, 0.5) is 0 Å². The van der Waals surface area contributed by atoms with Crippen LogP contribution in [0.2, 0.25) is 0 Å². The van der Waals surface area contributed by atoms with Crippen LogP contribution in [-0.2, 0) is 0 Å². The van der Waals surface area contributed by atoms with Gasteiger partial charge in [-0.15, -0.1) is 0 Å². The van der Waals surface area contributed by atoms with Crippen molar-refractivity contribution in [2.45, 2.75) is 10.1 Å². The minimum absolute atomic E-state index is 0.616. The van der Waals surface area contributed by atoms with Gasteiger partial charge in [0.2, 0.25) is 0 Å². The van der Waals surface area contributed by atoms with Crippen molar-refractivity contribution in [3.05, 3.63) is 34.6 Å². The van der Waals surface area contributed by atoms with E-state index in [-0.39, 0.29) is 0 Å². The third-order valence-electron chi connectivity index (χ3n) is 1.66. The molecular weight excluding hydrogens is 276 g/mol. The minimum Gasteiger partial charge on any atom is -0.254 e. The van der Waals surface area contributed by atoms with Gasteiger partial charge in [-0.2, -0.15) is 10.4 Å². The molecule has 1 N–H and O–H groups in total. The van der Waals surface area contributed by atoms with E-state index >= 15 is 0 Å². The Bertz CT molecular complexity index is 503. The van der Waals surface area contributed by atoms with Crippen LogP contribution in [0, 0.1) is 11.3 Å². The molecule has 0 fully saturated rings. The molecule has 0 bridgehead atoms. The number of nitrogens with one attached hydrogen (secondary N) is 1. The van der Waals surface area contributed by atoms with E-state index in [9.17, 15) is 0 Å². The zero-order valence-corrected chi connectivity index (χ0v) is 9.84. The van der Waals surface area contributed by atoms with Crippen molar-refractivity contribution < 1.29 is 0 Å². The molecule has 0 aliphatic rings. The first-order valence-electron chi connectivity index (χ1n) is 4.02. The largest absolute Gasteiger partial charge is 0.254 e. The summed E-state index contributed by atoms with van der Waals surface area (Å²) in [5, 5.41) is 16.1. The van der Waals surface area contributed by atoms with Crippen LogP contribution < -0.4 is 0 Å². The predicted octanol–water partition coefficient (Wildman–Crippen LogP) is 2.59. The first-order valence-corrected chi connectivity index (χ1v) is 5.63. The average molecular weight is 281 g/mol. The van der Waals surface area contributed by atoms with E-state index in [0.29, 0.717) is 10.7 Å². The molecule has 0 spiro atoms. The smallest absolute Gasteiger partial charge is 0.188 e. The molecule has 0 amide bonds. The highest BCUT2D eigenvalue weighted by atomic mass is 79.9. The SMILES string of the molecule is N#Cc1cc(Br)ccc1Sc1ncn[nH]1. The second kappa shape index (κ2) is 4.47. The van der Waals surface area contributed by atoms with Gasteiger partial charge < -0.3 is 0 Å². The highest BCUT2D eigenvalue weighted by molar-refractivity contribution is 9.10. The van der Waals surface area contributed by atoms with Crippen LogP contribution >= 0.6 is 27.7 Å². The fourth-order valence-corrected chi connectivity index (χ4v) is 2.14. The molecule has 0 aliphatic carbocycles. The number of aromatic nitrogens is 3. The zero-order valence-electron chi connectivity index (χ0n) is 7.44. The van der Waals surface area contributed by atoms with Crippen molar-refractivity contribution in [3.63, 3.8) is 0 Å². The van der Waals surface area contributed by atoms with Gasteiger partial charge in [0, 0.05) is 9.37 Å². The molecule has 0 unspecified atom stereocenters. The van der Waals surface area contributed by atoms with E-state index < -0.39 is 0 Å². The van der Waals surface area contributed by atoms with Crippen molar-refractivity contribution in [1.82, 2.24) is 15.2 Å². The molecular formula is C9H5BrN4S. The molecule has 74 valence electrons. The van der Waals surface area contributed by atoms with Gasteiger partial charge in [0.1, 0.15) is 12.4 Å². The van der Waals surface area contributed by atoms with Gasteiger partial charge in [-0.25, -0.2) is 4.98 Å². The maximum Gasteiger partial charge on any atom is 0.188 e. The highest BCUT2D eigenvalue weighted by Gasteiger charge is 2.06. The summed E-state index contributed by atoms with van der Waals surface area (Å²) in [4.78, 5) is 4.84. The van der Waals surface area contributed by atoms with E-state index in [4.69, 9.17) is 5.26 Å². The van der Waals surface area contributed by atoms with Crippen LogP contribution in [-0.4, -0.2) is 15.2 Å². The van der Waals surface area contributed by atoms with E-state index in [0.717, 1.165) is 9.37 Å². The highest BCUT2D eigenvalue weighted by Crippen LogP contribution is 2.29. The number of aromatic amines is 1. The third kappa shape index (κ3) is 2.37. The second-order valence-corrected chi connectivity index (χ2v) is 4.59. The zero-order chi connectivity index (χ0) is 10.7. The summed E-state index contributed by atoms with van der Waals surface area (Å²) in [6.07, 6.45) is 1.44. The fraction of sp³-hybridized carbons (Fsp3) is 0. The molecule has 0 aliphatic heterocycles. The maximum atomic E-state index is 8.94. The van der Waals surface area contributed by atoms with Gasteiger partial charge in [0.05, 0.1) is 5.56 Å². The summed E-state index contributed by atoms with van der Waals surface area (Å²) in [5.74, 6) is 0. The molecule has 2 rings (SSSR count). The van der Waals surface area contributed by atoms with Gasteiger partial charge in [0.15, 0.2) is 5.16 Å². The first-order chi connectivity index (χ1) is 7.29. The Balaban J connectivity index is 2.33. The van der Waals surface area contributed by atoms with Crippen LogP contribution in [0.3, 0.4) is 0 Å². The van der Waals surface area contributed by atoms with Crippen molar-refractivity contribution >= 4 is 27.7 Å². The summed E-state index contributed by atoms with van der Waals surface area (Å²) in [6.45, 7) is 0. The molecule has 0 radical (unpaired) electrons. The molecule has 15 heavy (non-hydrogen) atoms. The standard InChI is InChI=1S/C9H5BrN4S/c10-7-1-2-8(6(3-7)4-11)15-9-12-5-13-14-9/h1-3,5H,(H,12,13,14). The van der Waals surface area contributed by atoms with Gasteiger partial charge in [-0.1, -0.05) is 15.9 Å². The number of hydrogen-bond donors (Lipinski definition) is 1. The lowest BCUT2D eigenvalue weighted by Crippen LogP contribution is -1.82. The van der Waals surface area contributed by atoms with Crippen LogP contribution in [0.25, 0.3) is 0 Å². The Hall–Kier alpha value is -1.32. The number of nitrogens with zero attached hydrogens (tertiary/aromatic N) is 3. The molecule has 2 aromatic rings. The maximum absolute atomic E-state index is 8.94. The van der Waals surface area contributed by atoms with Crippen LogP contribution in [0.15, 0.2) is 39.1 Å². The molecule has 0 atom stereocenters. The normalized spacial score (nSPS) is 9.87. The lowest BCUT2D eigenvalue weighted by atomic mass is 10.2. The quantitative estimate of drug-likeness (QED) is 0.918. The molecule has 0 saturated heterocycles. The van der Waals surface area contributed by atoms with Gasteiger partial charge in [0.25, 0.3) is 0 Å². The molecule has 1 aromatic carbocycles. The summed E-state index contributed by atoms with van der Waals surface area (Å²) in [5.41, 5.74) is 0.616. The Morgan fingerprint density at radius 1 is 1.47 bits per heavy atom. The van der Waals surface area contributed by atoms with E-state index in [1.807, 2.05) is 12.1 Å². The van der Waals surface area contributed by atoms with E-state index in [1.54, 1.807) is 6.07 Å². The number of H-pyrrole nitrogens is 1. The van der Waals surface area contributed by atoms with Crippen molar-refractivity contribution in [2.24, 2.45) is 0 Å². The fourth-order valence-electron chi connectivity index (χ4n) is 1.03.